The van der Waals surface area contributed by atoms with Gasteiger partial charge in [0.25, 0.3) is 0 Å². The lowest BCUT2D eigenvalue weighted by atomic mass is 9.96. The number of hydrogen-bond donors (Lipinski definition) is 1. The highest BCUT2D eigenvalue weighted by molar-refractivity contribution is 5.74. The van der Waals surface area contributed by atoms with Crippen molar-refractivity contribution >= 4 is 5.82 Å². The predicted octanol–water partition coefficient (Wildman–Crippen LogP) is 3.99. The Labute approximate surface area is 121 Å². The summed E-state index contributed by atoms with van der Waals surface area (Å²) < 4.78 is 41.0. The Bertz CT molecular complexity index is 664. The van der Waals surface area contributed by atoms with E-state index in [9.17, 15) is 13.2 Å². The molecule has 0 amide bonds. The van der Waals surface area contributed by atoms with Crippen LogP contribution in [0.25, 0.3) is 11.3 Å². The fraction of sp³-hybridized carbons (Fsp3) is 0.400. The van der Waals surface area contributed by atoms with Crippen LogP contribution in [0.1, 0.15) is 32.2 Å². The summed E-state index contributed by atoms with van der Waals surface area (Å²) in [7, 11) is 1.71. The highest BCUT2D eigenvalue weighted by Crippen LogP contribution is 2.39. The van der Waals surface area contributed by atoms with E-state index in [1.165, 1.54) is 12.1 Å². The van der Waals surface area contributed by atoms with Gasteiger partial charge in [-0.15, -0.1) is 0 Å². The molecule has 2 rings (SSSR count). The zero-order chi connectivity index (χ0) is 16.0. The van der Waals surface area contributed by atoms with Crippen LogP contribution >= 0.6 is 0 Å². The minimum atomic E-state index is -4.44. The summed E-state index contributed by atoms with van der Waals surface area (Å²) in [6.07, 6.45) is -4.44. The molecule has 1 aromatic heterocycles. The fourth-order valence-corrected chi connectivity index (χ4v) is 2.32. The van der Waals surface area contributed by atoms with Gasteiger partial charge in [0.2, 0.25) is 0 Å². The lowest BCUT2D eigenvalue weighted by Gasteiger charge is -2.17. The summed E-state index contributed by atoms with van der Waals surface area (Å²) in [6.45, 7) is 5.82. The maximum atomic E-state index is 13.1. The third-order valence-electron chi connectivity index (χ3n) is 3.30. The first-order chi connectivity index (χ1) is 9.53. The highest BCUT2D eigenvalue weighted by atomic mass is 19.4. The monoisotopic (exact) mass is 297 g/mol. The number of nitrogen functional groups attached to an aromatic ring is 1. The van der Waals surface area contributed by atoms with Crippen molar-refractivity contribution in [2.45, 2.75) is 32.4 Å². The first kappa shape index (κ1) is 15.4. The van der Waals surface area contributed by atoms with Crippen LogP contribution in [-0.4, -0.2) is 9.55 Å². The van der Waals surface area contributed by atoms with Gasteiger partial charge in [0.15, 0.2) is 0 Å². The molecule has 0 bridgehead atoms. The molecule has 0 unspecified atom stereocenters. The van der Waals surface area contributed by atoms with Gasteiger partial charge in [0, 0.05) is 18.0 Å². The lowest BCUT2D eigenvalue weighted by Crippen LogP contribution is -2.17. The number of halogens is 3. The predicted molar refractivity (Wildman–Crippen MR) is 76.8 cm³/mol. The Morgan fingerprint density at radius 2 is 1.67 bits per heavy atom. The van der Waals surface area contributed by atoms with Crippen molar-refractivity contribution in [1.82, 2.24) is 9.55 Å². The van der Waals surface area contributed by atoms with Crippen LogP contribution < -0.4 is 5.73 Å². The number of nitrogens with two attached hydrogens (primary N) is 1. The SMILES string of the molecule is Cn1c(C(C)(C)C)nc(-c2ccccc2C(F)(F)F)c1N. The number of hydrogen-bond acceptors (Lipinski definition) is 2. The van der Waals surface area contributed by atoms with Crippen LogP contribution in [-0.2, 0) is 18.6 Å². The summed E-state index contributed by atoms with van der Waals surface area (Å²) >= 11 is 0. The molecule has 2 aromatic rings. The van der Waals surface area contributed by atoms with Gasteiger partial charge in [-0.2, -0.15) is 13.2 Å². The van der Waals surface area contributed by atoms with Gasteiger partial charge in [-0.3, -0.25) is 0 Å². The van der Waals surface area contributed by atoms with Gasteiger partial charge in [-0.25, -0.2) is 4.98 Å². The zero-order valence-corrected chi connectivity index (χ0v) is 12.4. The number of benzene rings is 1. The normalized spacial score (nSPS) is 12.7. The summed E-state index contributed by atoms with van der Waals surface area (Å²) in [5, 5.41) is 0. The van der Waals surface area contributed by atoms with Gasteiger partial charge < -0.3 is 10.3 Å². The van der Waals surface area contributed by atoms with Gasteiger partial charge >= 0.3 is 6.18 Å². The van der Waals surface area contributed by atoms with Crippen molar-refractivity contribution in [1.29, 1.82) is 0 Å². The minimum absolute atomic E-state index is 0.00796. The number of rotatable bonds is 1. The fourth-order valence-electron chi connectivity index (χ4n) is 2.32. The van der Waals surface area contributed by atoms with Crippen molar-refractivity contribution in [2.24, 2.45) is 7.05 Å². The first-order valence-electron chi connectivity index (χ1n) is 6.52. The van der Waals surface area contributed by atoms with Crippen LogP contribution in [0.4, 0.5) is 19.0 Å². The van der Waals surface area contributed by atoms with E-state index in [-0.39, 0.29) is 22.5 Å². The molecule has 6 heteroatoms. The van der Waals surface area contributed by atoms with Gasteiger partial charge in [0.05, 0.1) is 5.56 Å². The molecule has 0 aliphatic carbocycles. The second-order valence-corrected chi connectivity index (χ2v) is 6.02. The molecule has 21 heavy (non-hydrogen) atoms. The summed E-state index contributed by atoms with van der Waals surface area (Å²) in [5.74, 6) is 0.878. The molecule has 1 aromatic carbocycles. The molecule has 0 radical (unpaired) electrons. The van der Waals surface area contributed by atoms with E-state index in [2.05, 4.69) is 4.98 Å². The molecular weight excluding hydrogens is 279 g/mol. The van der Waals surface area contributed by atoms with Crippen molar-refractivity contribution in [3.05, 3.63) is 35.7 Å². The topological polar surface area (TPSA) is 43.8 Å². The molecule has 0 atom stereocenters. The third-order valence-corrected chi connectivity index (χ3v) is 3.30. The molecule has 0 spiro atoms. The number of alkyl halides is 3. The van der Waals surface area contributed by atoms with Crippen molar-refractivity contribution in [3.8, 4) is 11.3 Å². The molecule has 0 aliphatic heterocycles. The molecule has 0 saturated carbocycles. The largest absolute Gasteiger partial charge is 0.417 e. The second kappa shape index (κ2) is 4.79. The average Bonchev–Trinajstić information content (AvgIpc) is 2.65. The molecular formula is C15H18F3N3. The van der Waals surface area contributed by atoms with Crippen LogP contribution in [0.3, 0.4) is 0 Å². The van der Waals surface area contributed by atoms with E-state index in [0.717, 1.165) is 6.07 Å². The molecule has 1 heterocycles. The highest BCUT2D eigenvalue weighted by Gasteiger charge is 2.35. The Balaban J connectivity index is 2.70. The number of anilines is 1. The van der Waals surface area contributed by atoms with Crippen LogP contribution in [0.2, 0.25) is 0 Å². The van der Waals surface area contributed by atoms with Crippen molar-refractivity contribution in [2.75, 3.05) is 5.73 Å². The second-order valence-electron chi connectivity index (χ2n) is 6.02. The van der Waals surface area contributed by atoms with Crippen molar-refractivity contribution in [3.63, 3.8) is 0 Å². The lowest BCUT2D eigenvalue weighted by molar-refractivity contribution is -0.137. The molecule has 2 N–H and O–H groups in total. The minimum Gasteiger partial charge on any atom is -0.383 e. The Morgan fingerprint density at radius 1 is 1.10 bits per heavy atom. The molecule has 0 fully saturated rings. The summed E-state index contributed by atoms with van der Waals surface area (Å²) in [6, 6.07) is 5.35. The quantitative estimate of drug-likeness (QED) is 0.865. The van der Waals surface area contributed by atoms with E-state index in [1.807, 2.05) is 20.8 Å². The smallest absolute Gasteiger partial charge is 0.383 e. The van der Waals surface area contributed by atoms with E-state index in [0.29, 0.717) is 5.82 Å². The number of nitrogens with zero attached hydrogens (tertiary/aromatic N) is 2. The number of imidazole rings is 1. The first-order valence-corrected chi connectivity index (χ1v) is 6.52. The standard InChI is InChI=1S/C15H18F3N3/c1-14(2,3)13-20-11(12(19)21(13)4)9-7-5-6-8-10(9)15(16,17)18/h5-8H,19H2,1-4H3. The zero-order valence-electron chi connectivity index (χ0n) is 12.4. The third kappa shape index (κ3) is 2.75. The van der Waals surface area contributed by atoms with Gasteiger partial charge in [-0.1, -0.05) is 39.0 Å². The average molecular weight is 297 g/mol. The number of aromatic nitrogens is 2. The van der Waals surface area contributed by atoms with Crippen LogP contribution in [0.15, 0.2) is 24.3 Å². The summed E-state index contributed by atoms with van der Waals surface area (Å²) in [4.78, 5) is 4.36. The van der Waals surface area contributed by atoms with E-state index in [4.69, 9.17) is 5.73 Å². The summed E-state index contributed by atoms with van der Waals surface area (Å²) in [5.41, 5.74) is 5.12. The molecule has 0 saturated heterocycles. The maximum absolute atomic E-state index is 13.1. The molecule has 114 valence electrons. The van der Waals surface area contributed by atoms with Crippen LogP contribution in [0.5, 0.6) is 0 Å². The Hall–Kier alpha value is -1.98. The molecule has 0 aliphatic rings. The van der Waals surface area contributed by atoms with E-state index in [1.54, 1.807) is 17.7 Å². The van der Waals surface area contributed by atoms with Crippen molar-refractivity contribution < 1.29 is 13.2 Å². The maximum Gasteiger partial charge on any atom is 0.417 e. The van der Waals surface area contributed by atoms with Gasteiger partial charge in [-0.05, 0) is 6.07 Å². The van der Waals surface area contributed by atoms with E-state index >= 15 is 0 Å². The van der Waals surface area contributed by atoms with E-state index < -0.39 is 11.7 Å². The Kier molecular flexibility index (Phi) is 3.51. The Morgan fingerprint density at radius 3 is 2.14 bits per heavy atom. The van der Waals surface area contributed by atoms with Gasteiger partial charge in [0.1, 0.15) is 17.3 Å². The molecule has 3 nitrogen and oxygen atoms in total. The van der Waals surface area contributed by atoms with Crippen LogP contribution in [0, 0.1) is 0 Å².